The van der Waals surface area contributed by atoms with Gasteiger partial charge in [-0.15, -0.1) is 0 Å². The van der Waals surface area contributed by atoms with Crippen molar-refractivity contribution in [3.05, 3.63) is 59.7 Å². The predicted octanol–water partition coefficient (Wildman–Crippen LogP) is 1.89. The molecule has 0 radical (unpaired) electrons. The Balaban J connectivity index is 1.58. The standard InChI is InChI=1S/C28H34N4O7/c1-15(2)12-23(27(36)37)32-26(35)22(13-24(29)33)31-25(34)16(3)30-28(38)39-14-21-19-10-6-4-8-17(19)18-9-5-7-11-20(18)21/h4-11,15-16,21-23H,12-14H2,1-3H3,(H2,29,33)(H,30,38)(H,31,34)(H,32,35)(H,36,37)/t16?,22-,23?/m0/s1. The molecule has 4 amide bonds. The number of rotatable bonds is 12. The van der Waals surface area contributed by atoms with Crippen LogP contribution in [0.25, 0.3) is 11.1 Å². The van der Waals surface area contributed by atoms with Gasteiger partial charge < -0.3 is 31.5 Å². The molecule has 2 aromatic carbocycles. The molecule has 39 heavy (non-hydrogen) atoms. The zero-order valence-corrected chi connectivity index (χ0v) is 22.1. The van der Waals surface area contributed by atoms with Gasteiger partial charge in [0.05, 0.1) is 6.42 Å². The molecule has 0 bridgehead atoms. The van der Waals surface area contributed by atoms with Crippen molar-refractivity contribution in [2.24, 2.45) is 11.7 Å². The fraction of sp³-hybridized carbons (Fsp3) is 0.393. The van der Waals surface area contributed by atoms with E-state index >= 15 is 0 Å². The van der Waals surface area contributed by atoms with Crippen molar-refractivity contribution in [3.8, 4) is 11.1 Å². The van der Waals surface area contributed by atoms with Crippen molar-refractivity contribution in [1.82, 2.24) is 16.0 Å². The second kappa shape index (κ2) is 12.9. The quantitative estimate of drug-likeness (QED) is 0.274. The number of nitrogens with two attached hydrogens (primary N) is 1. The van der Waals surface area contributed by atoms with Crippen molar-refractivity contribution < 1.29 is 33.8 Å². The first-order chi connectivity index (χ1) is 18.5. The highest BCUT2D eigenvalue weighted by atomic mass is 16.5. The molecule has 2 unspecified atom stereocenters. The van der Waals surface area contributed by atoms with Gasteiger partial charge in [-0.1, -0.05) is 62.4 Å². The van der Waals surface area contributed by atoms with E-state index in [0.717, 1.165) is 22.3 Å². The number of alkyl carbamates (subject to hydrolysis) is 1. The van der Waals surface area contributed by atoms with Crippen molar-refractivity contribution in [1.29, 1.82) is 0 Å². The lowest BCUT2D eigenvalue weighted by Gasteiger charge is -2.23. The van der Waals surface area contributed by atoms with Gasteiger partial charge in [0, 0.05) is 5.92 Å². The average Bonchev–Trinajstić information content (AvgIpc) is 3.19. The van der Waals surface area contributed by atoms with Gasteiger partial charge in [0.1, 0.15) is 24.7 Å². The summed E-state index contributed by atoms with van der Waals surface area (Å²) in [5, 5.41) is 16.5. The Morgan fingerprint density at radius 1 is 0.846 bits per heavy atom. The molecule has 0 spiro atoms. The molecule has 0 saturated carbocycles. The molecule has 6 N–H and O–H groups in total. The Morgan fingerprint density at radius 2 is 1.38 bits per heavy atom. The molecule has 0 fully saturated rings. The molecule has 11 heteroatoms. The number of carboxylic acids is 1. The molecule has 3 atom stereocenters. The van der Waals surface area contributed by atoms with Crippen LogP contribution in [-0.2, 0) is 23.9 Å². The second-order valence-electron chi connectivity index (χ2n) is 9.95. The molecule has 0 aromatic heterocycles. The number of amides is 4. The maximum Gasteiger partial charge on any atom is 0.407 e. The van der Waals surface area contributed by atoms with E-state index in [1.54, 1.807) is 13.8 Å². The van der Waals surface area contributed by atoms with Crippen LogP contribution in [0.3, 0.4) is 0 Å². The Hall–Kier alpha value is -4.41. The van der Waals surface area contributed by atoms with Crippen LogP contribution in [0.15, 0.2) is 48.5 Å². The molecule has 11 nitrogen and oxygen atoms in total. The van der Waals surface area contributed by atoms with Crippen LogP contribution < -0.4 is 21.7 Å². The first-order valence-electron chi connectivity index (χ1n) is 12.7. The van der Waals surface area contributed by atoms with E-state index in [1.165, 1.54) is 6.92 Å². The molecule has 1 aliphatic carbocycles. The summed E-state index contributed by atoms with van der Waals surface area (Å²) in [4.78, 5) is 61.0. The number of hydrogen-bond acceptors (Lipinski definition) is 6. The third kappa shape index (κ3) is 7.56. The maximum atomic E-state index is 12.7. The maximum absolute atomic E-state index is 12.7. The number of ether oxygens (including phenoxy) is 1. The topological polar surface area (TPSA) is 177 Å². The van der Waals surface area contributed by atoms with Gasteiger partial charge in [0.25, 0.3) is 0 Å². The average molecular weight is 539 g/mol. The minimum atomic E-state index is -1.42. The highest BCUT2D eigenvalue weighted by Gasteiger charge is 2.31. The Kier molecular flexibility index (Phi) is 9.64. The van der Waals surface area contributed by atoms with E-state index < -0.39 is 54.3 Å². The number of carbonyl (C=O) groups excluding carboxylic acids is 4. The number of primary amides is 1. The molecule has 0 heterocycles. The van der Waals surface area contributed by atoms with Crippen molar-refractivity contribution in [2.45, 2.75) is 57.7 Å². The highest BCUT2D eigenvalue weighted by molar-refractivity contribution is 5.95. The molecule has 208 valence electrons. The third-order valence-electron chi connectivity index (χ3n) is 6.43. The molecular weight excluding hydrogens is 504 g/mol. The third-order valence-corrected chi connectivity index (χ3v) is 6.43. The Bertz CT molecular complexity index is 1200. The smallest absolute Gasteiger partial charge is 0.407 e. The number of carboxylic acid groups (broad SMARTS) is 1. The molecule has 3 rings (SSSR count). The van der Waals surface area contributed by atoms with Crippen LogP contribution in [0.4, 0.5) is 4.79 Å². The fourth-order valence-electron chi connectivity index (χ4n) is 4.55. The van der Waals surface area contributed by atoms with Crippen LogP contribution in [0.5, 0.6) is 0 Å². The number of aliphatic carboxylic acids is 1. The first kappa shape index (κ1) is 29.2. The highest BCUT2D eigenvalue weighted by Crippen LogP contribution is 2.44. The summed E-state index contributed by atoms with van der Waals surface area (Å²) in [6.07, 6.45) is -1.24. The summed E-state index contributed by atoms with van der Waals surface area (Å²) in [5.41, 5.74) is 9.45. The summed E-state index contributed by atoms with van der Waals surface area (Å²) in [7, 11) is 0. The van der Waals surface area contributed by atoms with E-state index in [4.69, 9.17) is 10.5 Å². The van der Waals surface area contributed by atoms with Gasteiger partial charge in [-0.25, -0.2) is 9.59 Å². The van der Waals surface area contributed by atoms with Crippen LogP contribution in [0.2, 0.25) is 0 Å². The van der Waals surface area contributed by atoms with Crippen LogP contribution in [0.1, 0.15) is 50.7 Å². The van der Waals surface area contributed by atoms with Crippen LogP contribution in [0, 0.1) is 5.92 Å². The largest absolute Gasteiger partial charge is 0.480 e. The summed E-state index contributed by atoms with van der Waals surface area (Å²) in [5.74, 6) is -3.96. The van der Waals surface area contributed by atoms with E-state index in [2.05, 4.69) is 16.0 Å². The minimum Gasteiger partial charge on any atom is -0.480 e. The number of fused-ring (bicyclic) bond motifs is 3. The lowest BCUT2D eigenvalue weighted by Crippen LogP contribution is -2.56. The summed E-state index contributed by atoms with van der Waals surface area (Å²) in [6, 6.07) is 12.0. The molecular formula is C28H34N4O7. The number of carbonyl (C=O) groups is 5. The van der Waals surface area contributed by atoms with Crippen molar-refractivity contribution in [2.75, 3.05) is 6.61 Å². The van der Waals surface area contributed by atoms with Gasteiger partial charge >= 0.3 is 12.1 Å². The zero-order valence-electron chi connectivity index (χ0n) is 22.1. The zero-order chi connectivity index (χ0) is 28.7. The van der Waals surface area contributed by atoms with E-state index in [9.17, 15) is 29.1 Å². The molecule has 2 aromatic rings. The lowest BCUT2D eigenvalue weighted by atomic mass is 9.98. The molecule has 1 aliphatic rings. The first-order valence-corrected chi connectivity index (χ1v) is 12.7. The Labute approximate surface area is 226 Å². The van der Waals surface area contributed by atoms with Crippen LogP contribution in [-0.4, -0.2) is 59.6 Å². The number of nitrogens with one attached hydrogen (secondary N) is 3. The van der Waals surface area contributed by atoms with Gasteiger partial charge in [0.2, 0.25) is 17.7 Å². The predicted molar refractivity (Wildman–Crippen MR) is 142 cm³/mol. The van der Waals surface area contributed by atoms with Gasteiger partial charge in [-0.3, -0.25) is 14.4 Å². The lowest BCUT2D eigenvalue weighted by molar-refractivity contribution is -0.142. The minimum absolute atomic E-state index is 0.0305. The van der Waals surface area contributed by atoms with Crippen LogP contribution >= 0.6 is 0 Å². The van der Waals surface area contributed by atoms with E-state index in [1.807, 2.05) is 48.5 Å². The Morgan fingerprint density at radius 3 is 1.90 bits per heavy atom. The normalized spacial score (nSPS) is 14.4. The van der Waals surface area contributed by atoms with Gasteiger partial charge in [0.15, 0.2) is 0 Å². The van der Waals surface area contributed by atoms with Gasteiger partial charge in [-0.2, -0.15) is 0 Å². The van der Waals surface area contributed by atoms with Crippen molar-refractivity contribution in [3.63, 3.8) is 0 Å². The summed E-state index contributed by atoms with van der Waals surface area (Å²) >= 11 is 0. The molecule has 0 saturated heterocycles. The number of benzene rings is 2. The fourth-order valence-corrected chi connectivity index (χ4v) is 4.55. The summed E-state index contributed by atoms with van der Waals surface area (Å²) < 4.78 is 5.44. The van der Waals surface area contributed by atoms with Crippen molar-refractivity contribution >= 4 is 29.8 Å². The van der Waals surface area contributed by atoms with E-state index in [-0.39, 0.29) is 24.9 Å². The second-order valence-corrected chi connectivity index (χ2v) is 9.95. The summed E-state index contributed by atoms with van der Waals surface area (Å²) in [6.45, 7) is 5.02. The monoisotopic (exact) mass is 538 g/mol. The number of hydrogen-bond donors (Lipinski definition) is 5. The van der Waals surface area contributed by atoms with E-state index in [0.29, 0.717) is 0 Å². The van der Waals surface area contributed by atoms with Gasteiger partial charge in [-0.05, 0) is 41.5 Å². The SMILES string of the molecule is CC(C)CC(NC(=O)[C@H](CC(N)=O)NC(=O)C(C)NC(=O)OCC1c2ccccc2-c2ccccc21)C(=O)O. The molecule has 0 aliphatic heterocycles.